The molecule has 0 unspecified atom stereocenters. The SMILES string of the molecule is CCOC(=O)N1CCN(C[C@H](C)O)CC1. The fourth-order valence-electron chi connectivity index (χ4n) is 1.70. The lowest BCUT2D eigenvalue weighted by molar-refractivity contribution is 0.0623. The van der Waals surface area contributed by atoms with Gasteiger partial charge in [-0.05, 0) is 13.8 Å². The first-order valence-electron chi connectivity index (χ1n) is 5.45. The van der Waals surface area contributed by atoms with Crippen molar-refractivity contribution in [2.45, 2.75) is 20.0 Å². The fourth-order valence-corrected chi connectivity index (χ4v) is 1.70. The number of nitrogens with zero attached hydrogens (tertiary/aromatic N) is 2. The third-order valence-electron chi connectivity index (χ3n) is 2.42. The maximum absolute atomic E-state index is 11.4. The molecule has 0 saturated carbocycles. The second-order valence-electron chi connectivity index (χ2n) is 3.84. The lowest BCUT2D eigenvalue weighted by atomic mass is 10.3. The van der Waals surface area contributed by atoms with Crippen molar-refractivity contribution in [3.05, 3.63) is 0 Å². The fraction of sp³-hybridized carbons (Fsp3) is 0.900. The van der Waals surface area contributed by atoms with E-state index in [9.17, 15) is 9.90 Å². The predicted molar refractivity (Wildman–Crippen MR) is 56.7 cm³/mol. The molecule has 1 amide bonds. The molecule has 1 aliphatic rings. The van der Waals surface area contributed by atoms with Gasteiger partial charge in [0.2, 0.25) is 0 Å². The molecule has 88 valence electrons. The highest BCUT2D eigenvalue weighted by Crippen LogP contribution is 2.04. The highest BCUT2D eigenvalue weighted by atomic mass is 16.6. The van der Waals surface area contributed by atoms with Gasteiger partial charge in [-0.1, -0.05) is 0 Å². The Morgan fingerprint density at radius 3 is 2.47 bits per heavy atom. The van der Waals surface area contributed by atoms with Gasteiger partial charge in [-0.3, -0.25) is 4.90 Å². The second-order valence-corrected chi connectivity index (χ2v) is 3.84. The molecule has 1 saturated heterocycles. The van der Waals surface area contributed by atoms with Gasteiger partial charge in [0, 0.05) is 32.7 Å². The van der Waals surface area contributed by atoms with Crippen LogP contribution in [0.25, 0.3) is 0 Å². The van der Waals surface area contributed by atoms with Gasteiger partial charge in [0.25, 0.3) is 0 Å². The third-order valence-corrected chi connectivity index (χ3v) is 2.42. The minimum absolute atomic E-state index is 0.228. The van der Waals surface area contributed by atoms with Gasteiger partial charge in [0.15, 0.2) is 0 Å². The molecule has 5 heteroatoms. The highest BCUT2D eigenvalue weighted by molar-refractivity contribution is 5.67. The van der Waals surface area contributed by atoms with E-state index in [0.29, 0.717) is 26.2 Å². The maximum Gasteiger partial charge on any atom is 0.409 e. The average Bonchev–Trinajstić information content (AvgIpc) is 2.18. The summed E-state index contributed by atoms with van der Waals surface area (Å²) in [4.78, 5) is 15.2. The summed E-state index contributed by atoms with van der Waals surface area (Å²) in [7, 11) is 0. The number of piperazine rings is 1. The summed E-state index contributed by atoms with van der Waals surface area (Å²) in [6.45, 7) is 7.67. The highest BCUT2D eigenvalue weighted by Gasteiger charge is 2.22. The summed E-state index contributed by atoms with van der Waals surface area (Å²) in [5.41, 5.74) is 0. The molecule has 1 heterocycles. The van der Waals surface area contributed by atoms with Crippen molar-refractivity contribution >= 4 is 6.09 Å². The van der Waals surface area contributed by atoms with Gasteiger partial charge >= 0.3 is 6.09 Å². The average molecular weight is 216 g/mol. The van der Waals surface area contributed by atoms with E-state index in [0.717, 1.165) is 13.1 Å². The molecular formula is C10H20N2O3. The van der Waals surface area contributed by atoms with E-state index in [1.165, 1.54) is 0 Å². The number of amides is 1. The Morgan fingerprint density at radius 2 is 2.00 bits per heavy atom. The topological polar surface area (TPSA) is 53.0 Å². The summed E-state index contributed by atoms with van der Waals surface area (Å²) in [6.07, 6.45) is -0.534. The largest absolute Gasteiger partial charge is 0.450 e. The third kappa shape index (κ3) is 4.05. The Labute approximate surface area is 90.6 Å². The van der Waals surface area contributed by atoms with Gasteiger partial charge in [-0.25, -0.2) is 4.79 Å². The molecule has 15 heavy (non-hydrogen) atoms. The Bertz CT molecular complexity index is 201. The van der Waals surface area contributed by atoms with Crippen molar-refractivity contribution < 1.29 is 14.6 Å². The van der Waals surface area contributed by atoms with Crippen LogP contribution in [0.3, 0.4) is 0 Å². The number of carbonyl (C=O) groups is 1. The molecule has 1 N–H and O–H groups in total. The van der Waals surface area contributed by atoms with E-state index in [4.69, 9.17) is 4.74 Å². The van der Waals surface area contributed by atoms with E-state index in [-0.39, 0.29) is 12.2 Å². The van der Waals surface area contributed by atoms with Gasteiger partial charge in [-0.2, -0.15) is 0 Å². The molecule has 1 rings (SSSR count). The molecule has 0 aliphatic carbocycles. The first kappa shape index (κ1) is 12.3. The van der Waals surface area contributed by atoms with Crippen LogP contribution in [-0.2, 0) is 4.74 Å². The normalized spacial score (nSPS) is 20.1. The van der Waals surface area contributed by atoms with Crippen molar-refractivity contribution in [3.8, 4) is 0 Å². The number of aliphatic hydroxyl groups excluding tert-OH is 1. The number of aliphatic hydroxyl groups is 1. The van der Waals surface area contributed by atoms with E-state index in [1.807, 2.05) is 6.92 Å². The van der Waals surface area contributed by atoms with E-state index in [1.54, 1.807) is 11.8 Å². The van der Waals surface area contributed by atoms with Crippen molar-refractivity contribution in [2.24, 2.45) is 0 Å². The lowest BCUT2D eigenvalue weighted by Gasteiger charge is -2.34. The van der Waals surface area contributed by atoms with Crippen LogP contribution < -0.4 is 0 Å². The van der Waals surface area contributed by atoms with Crippen LogP contribution in [0.15, 0.2) is 0 Å². The minimum Gasteiger partial charge on any atom is -0.450 e. The predicted octanol–water partition coefficient (Wildman–Crippen LogP) is 0.141. The number of hydrogen-bond acceptors (Lipinski definition) is 4. The number of rotatable bonds is 3. The first-order valence-corrected chi connectivity index (χ1v) is 5.45. The standard InChI is InChI=1S/C10H20N2O3/c1-3-15-10(14)12-6-4-11(5-7-12)8-9(2)13/h9,13H,3-8H2,1-2H3/t9-/m0/s1. The van der Waals surface area contributed by atoms with Crippen LogP contribution >= 0.6 is 0 Å². The molecule has 0 aromatic carbocycles. The maximum atomic E-state index is 11.4. The first-order chi connectivity index (χ1) is 7.13. The summed E-state index contributed by atoms with van der Waals surface area (Å²) in [5, 5.41) is 9.22. The zero-order chi connectivity index (χ0) is 11.3. The van der Waals surface area contributed by atoms with Crippen LogP contribution in [0, 0.1) is 0 Å². The van der Waals surface area contributed by atoms with Crippen LogP contribution in [-0.4, -0.2) is 66.4 Å². The van der Waals surface area contributed by atoms with Crippen molar-refractivity contribution in [3.63, 3.8) is 0 Å². The van der Waals surface area contributed by atoms with Crippen molar-refractivity contribution in [2.75, 3.05) is 39.3 Å². The van der Waals surface area contributed by atoms with E-state index in [2.05, 4.69) is 4.90 Å². The summed E-state index contributed by atoms with van der Waals surface area (Å²) in [6, 6.07) is 0. The monoisotopic (exact) mass is 216 g/mol. The van der Waals surface area contributed by atoms with E-state index < -0.39 is 0 Å². The van der Waals surface area contributed by atoms with Crippen molar-refractivity contribution in [1.29, 1.82) is 0 Å². The van der Waals surface area contributed by atoms with Gasteiger partial charge in [0.05, 0.1) is 12.7 Å². The Hall–Kier alpha value is -0.810. The quantitative estimate of drug-likeness (QED) is 0.729. The van der Waals surface area contributed by atoms with Crippen LogP contribution in [0.4, 0.5) is 4.79 Å². The second kappa shape index (κ2) is 5.92. The zero-order valence-corrected chi connectivity index (χ0v) is 9.48. The number of ether oxygens (including phenoxy) is 1. The zero-order valence-electron chi connectivity index (χ0n) is 9.48. The molecule has 0 bridgehead atoms. The molecule has 1 atom stereocenters. The smallest absolute Gasteiger partial charge is 0.409 e. The van der Waals surface area contributed by atoms with Gasteiger partial charge in [-0.15, -0.1) is 0 Å². The number of β-amino-alcohol motifs (C(OH)–C–C–N with tert-alkyl or cyclic N) is 1. The Kier molecular flexibility index (Phi) is 4.84. The minimum atomic E-state index is -0.306. The van der Waals surface area contributed by atoms with Crippen LogP contribution in [0.1, 0.15) is 13.8 Å². The molecule has 1 fully saturated rings. The van der Waals surface area contributed by atoms with Crippen molar-refractivity contribution in [1.82, 2.24) is 9.80 Å². The molecule has 0 spiro atoms. The van der Waals surface area contributed by atoms with Crippen LogP contribution in [0.2, 0.25) is 0 Å². The Balaban J connectivity index is 2.26. The summed E-state index contributed by atoms with van der Waals surface area (Å²) >= 11 is 0. The Morgan fingerprint density at radius 1 is 1.40 bits per heavy atom. The molecule has 5 nitrogen and oxygen atoms in total. The number of carbonyl (C=O) groups excluding carboxylic acids is 1. The van der Waals surface area contributed by atoms with Gasteiger partial charge < -0.3 is 14.7 Å². The number of hydrogen-bond donors (Lipinski definition) is 1. The molecule has 0 aromatic heterocycles. The molecule has 1 aliphatic heterocycles. The lowest BCUT2D eigenvalue weighted by Crippen LogP contribution is -2.50. The molecular weight excluding hydrogens is 196 g/mol. The molecule has 0 radical (unpaired) electrons. The summed E-state index contributed by atoms with van der Waals surface area (Å²) in [5.74, 6) is 0. The van der Waals surface area contributed by atoms with Gasteiger partial charge in [0.1, 0.15) is 0 Å². The van der Waals surface area contributed by atoms with E-state index >= 15 is 0 Å². The summed E-state index contributed by atoms with van der Waals surface area (Å²) < 4.78 is 4.92. The molecule has 0 aromatic rings. The van der Waals surface area contributed by atoms with Crippen LogP contribution in [0.5, 0.6) is 0 Å².